The lowest BCUT2D eigenvalue weighted by atomic mass is 9.91. The van der Waals surface area contributed by atoms with E-state index in [4.69, 9.17) is 0 Å². The van der Waals surface area contributed by atoms with Crippen LogP contribution in [-0.4, -0.2) is 44.1 Å². The zero-order chi connectivity index (χ0) is 15.5. The first-order chi connectivity index (χ1) is 10.6. The fraction of sp³-hybridized carbons (Fsp3) is 0.500. The number of H-pyrrole nitrogens is 1. The van der Waals surface area contributed by atoms with Gasteiger partial charge in [0, 0.05) is 38.1 Å². The zero-order valence-corrected chi connectivity index (χ0v) is 13.0. The standard InChI is InChI=1S/C16H21N5O/c1-11-9-15(20-19-11)16-14(17-5-6-18-16)10-13-3-7-21(8-4-13)12(2)22/h5-6,9,13H,3-4,7-8,10H2,1-2H3,(H,19,20). The van der Waals surface area contributed by atoms with Crippen LogP contribution in [0.2, 0.25) is 0 Å². The van der Waals surface area contributed by atoms with E-state index >= 15 is 0 Å². The number of hydrogen-bond donors (Lipinski definition) is 1. The van der Waals surface area contributed by atoms with Crippen molar-refractivity contribution in [2.75, 3.05) is 13.1 Å². The van der Waals surface area contributed by atoms with Gasteiger partial charge in [0.15, 0.2) is 0 Å². The van der Waals surface area contributed by atoms with E-state index in [-0.39, 0.29) is 5.91 Å². The molecule has 1 aliphatic rings. The number of piperidine rings is 1. The van der Waals surface area contributed by atoms with Gasteiger partial charge in [-0.2, -0.15) is 5.10 Å². The predicted molar refractivity (Wildman–Crippen MR) is 83.0 cm³/mol. The van der Waals surface area contributed by atoms with E-state index in [2.05, 4.69) is 20.2 Å². The van der Waals surface area contributed by atoms with Gasteiger partial charge >= 0.3 is 0 Å². The molecule has 1 fully saturated rings. The number of carbonyl (C=O) groups excluding carboxylic acids is 1. The highest BCUT2D eigenvalue weighted by Gasteiger charge is 2.23. The Hall–Kier alpha value is -2.24. The van der Waals surface area contributed by atoms with Crippen LogP contribution in [0.25, 0.3) is 11.4 Å². The Labute approximate surface area is 130 Å². The first-order valence-corrected chi connectivity index (χ1v) is 7.71. The minimum Gasteiger partial charge on any atom is -0.343 e. The van der Waals surface area contributed by atoms with Gasteiger partial charge in [-0.3, -0.25) is 19.9 Å². The van der Waals surface area contributed by atoms with Crippen molar-refractivity contribution in [1.82, 2.24) is 25.1 Å². The number of aromatic amines is 1. The van der Waals surface area contributed by atoms with E-state index in [1.807, 2.05) is 17.9 Å². The lowest BCUT2D eigenvalue weighted by Gasteiger charge is -2.31. The fourth-order valence-corrected chi connectivity index (χ4v) is 2.99. The van der Waals surface area contributed by atoms with Crippen molar-refractivity contribution in [2.45, 2.75) is 33.1 Å². The fourth-order valence-electron chi connectivity index (χ4n) is 2.99. The van der Waals surface area contributed by atoms with Crippen molar-refractivity contribution in [3.8, 4) is 11.4 Å². The third-order valence-electron chi connectivity index (χ3n) is 4.26. The molecule has 0 radical (unpaired) electrons. The van der Waals surface area contributed by atoms with Crippen molar-refractivity contribution < 1.29 is 4.79 Å². The summed E-state index contributed by atoms with van der Waals surface area (Å²) in [5, 5.41) is 7.25. The van der Waals surface area contributed by atoms with Crippen LogP contribution in [0.1, 0.15) is 31.2 Å². The molecule has 1 saturated heterocycles. The van der Waals surface area contributed by atoms with Gasteiger partial charge in [0.25, 0.3) is 0 Å². The quantitative estimate of drug-likeness (QED) is 0.940. The Bertz CT molecular complexity index is 658. The van der Waals surface area contributed by atoms with Gasteiger partial charge < -0.3 is 4.90 Å². The number of aryl methyl sites for hydroxylation is 1. The number of amides is 1. The van der Waals surface area contributed by atoms with Crippen molar-refractivity contribution >= 4 is 5.91 Å². The molecule has 0 spiro atoms. The topological polar surface area (TPSA) is 74.8 Å². The largest absolute Gasteiger partial charge is 0.343 e. The minimum absolute atomic E-state index is 0.172. The van der Waals surface area contributed by atoms with Crippen LogP contribution >= 0.6 is 0 Å². The van der Waals surface area contributed by atoms with Gasteiger partial charge in [-0.15, -0.1) is 0 Å². The summed E-state index contributed by atoms with van der Waals surface area (Å²) < 4.78 is 0. The smallest absolute Gasteiger partial charge is 0.219 e. The number of aromatic nitrogens is 4. The molecule has 0 unspecified atom stereocenters. The van der Waals surface area contributed by atoms with Gasteiger partial charge in [-0.1, -0.05) is 0 Å². The molecule has 116 valence electrons. The maximum absolute atomic E-state index is 11.4. The molecule has 0 saturated carbocycles. The second-order valence-corrected chi connectivity index (χ2v) is 5.94. The molecule has 22 heavy (non-hydrogen) atoms. The highest BCUT2D eigenvalue weighted by molar-refractivity contribution is 5.73. The normalized spacial score (nSPS) is 16.0. The van der Waals surface area contributed by atoms with Crippen molar-refractivity contribution in [3.05, 3.63) is 29.8 Å². The van der Waals surface area contributed by atoms with E-state index in [0.717, 1.165) is 55.1 Å². The molecule has 3 heterocycles. The van der Waals surface area contributed by atoms with E-state index < -0.39 is 0 Å². The van der Waals surface area contributed by atoms with Crippen LogP contribution in [0.3, 0.4) is 0 Å². The predicted octanol–water partition coefficient (Wildman–Crippen LogP) is 1.98. The summed E-state index contributed by atoms with van der Waals surface area (Å²) in [5.74, 6) is 0.719. The average Bonchev–Trinajstić information content (AvgIpc) is 2.95. The molecule has 2 aromatic heterocycles. The maximum atomic E-state index is 11.4. The molecule has 0 bridgehead atoms. The van der Waals surface area contributed by atoms with Gasteiger partial charge in [0.1, 0.15) is 11.4 Å². The summed E-state index contributed by atoms with van der Waals surface area (Å²) in [6.45, 7) is 5.30. The number of carbonyl (C=O) groups is 1. The lowest BCUT2D eigenvalue weighted by molar-refractivity contribution is -0.130. The number of nitrogens with zero attached hydrogens (tertiary/aromatic N) is 4. The van der Waals surface area contributed by atoms with Gasteiger partial charge in [-0.05, 0) is 38.2 Å². The zero-order valence-electron chi connectivity index (χ0n) is 13.0. The third-order valence-corrected chi connectivity index (χ3v) is 4.26. The summed E-state index contributed by atoms with van der Waals surface area (Å²) in [6.07, 6.45) is 6.38. The first kappa shape index (κ1) is 14.7. The molecular formula is C16H21N5O. The van der Waals surface area contributed by atoms with Crippen molar-refractivity contribution in [3.63, 3.8) is 0 Å². The number of hydrogen-bond acceptors (Lipinski definition) is 4. The number of likely N-dealkylation sites (tertiary alicyclic amines) is 1. The first-order valence-electron chi connectivity index (χ1n) is 7.71. The van der Waals surface area contributed by atoms with Crippen LogP contribution in [0.5, 0.6) is 0 Å². The summed E-state index contributed by atoms with van der Waals surface area (Å²) in [7, 11) is 0. The minimum atomic E-state index is 0.172. The van der Waals surface area contributed by atoms with E-state index in [0.29, 0.717) is 5.92 Å². The molecule has 1 amide bonds. The molecule has 1 N–H and O–H groups in total. The summed E-state index contributed by atoms with van der Waals surface area (Å²) in [6, 6.07) is 1.99. The Morgan fingerprint density at radius 3 is 2.68 bits per heavy atom. The molecule has 0 aromatic carbocycles. The second-order valence-electron chi connectivity index (χ2n) is 5.94. The Morgan fingerprint density at radius 2 is 2.05 bits per heavy atom. The van der Waals surface area contributed by atoms with E-state index in [9.17, 15) is 4.79 Å². The Kier molecular flexibility index (Phi) is 4.18. The molecule has 6 heteroatoms. The maximum Gasteiger partial charge on any atom is 0.219 e. The highest BCUT2D eigenvalue weighted by atomic mass is 16.2. The Morgan fingerprint density at radius 1 is 1.32 bits per heavy atom. The molecule has 2 aromatic rings. The average molecular weight is 299 g/mol. The Balaban J connectivity index is 1.72. The SMILES string of the molecule is CC(=O)N1CCC(Cc2nccnc2-c2cc(C)[nH]n2)CC1. The molecule has 3 rings (SSSR count). The van der Waals surface area contributed by atoms with Gasteiger partial charge in [0.2, 0.25) is 5.91 Å². The molecule has 0 atom stereocenters. The monoisotopic (exact) mass is 299 g/mol. The summed E-state index contributed by atoms with van der Waals surface area (Å²) in [5.41, 5.74) is 3.72. The molecule has 6 nitrogen and oxygen atoms in total. The number of rotatable bonds is 3. The third kappa shape index (κ3) is 3.16. The highest BCUT2D eigenvalue weighted by Crippen LogP contribution is 2.25. The van der Waals surface area contributed by atoms with Crippen molar-refractivity contribution in [2.24, 2.45) is 5.92 Å². The van der Waals surface area contributed by atoms with Crippen LogP contribution in [0, 0.1) is 12.8 Å². The molecular weight excluding hydrogens is 278 g/mol. The van der Waals surface area contributed by atoms with E-state index in [1.54, 1.807) is 19.3 Å². The summed E-state index contributed by atoms with van der Waals surface area (Å²) in [4.78, 5) is 22.3. The number of nitrogens with one attached hydrogen (secondary N) is 1. The molecule has 0 aliphatic carbocycles. The summed E-state index contributed by atoms with van der Waals surface area (Å²) >= 11 is 0. The molecule has 1 aliphatic heterocycles. The lowest BCUT2D eigenvalue weighted by Crippen LogP contribution is -2.37. The van der Waals surface area contributed by atoms with E-state index in [1.165, 1.54) is 0 Å². The van der Waals surface area contributed by atoms with Crippen molar-refractivity contribution in [1.29, 1.82) is 0 Å². The van der Waals surface area contributed by atoms with Crippen LogP contribution in [0.4, 0.5) is 0 Å². The van der Waals surface area contributed by atoms with Gasteiger partial charge in [0.05, 0.1) is 5.69 Å². The van der Waals surface area contributed by atoms with Crippen LogP contribution < -0.4 is 0 Å². The van der Waals surface area contributed by atoms with Gasteiger partial charge in [-0.25, -0.2) is 0 Å². The van der Waals surface area contributed by atoms with Crippen LogP contribution in [-0.2, 0) is 11.2 Å². The van der Waals surface area contributed by atoms with Crippen LogP contribution in [0.15, 0.2) is 18.5 Å². The second kappa shape index (κ2) is 6.25.